The number of nitrogens with one attached hydrogen (secondary N) is 1. The SMILES string of the molecule is Nc1nnnn1CC1CNC(=O)C1. The van der Waals surface area contributed by atoms with Gasteiger partial charge in [-0.3, -0.25) is 4.79 Å². The highest BCUT2D eigenvalue weighted by Crippen LogP contribution is 2.11. The number of tetrazole rings is 1. The van der Waals surface area contributed by atoms with E-state index in [9.17, 15) is 4.79 Å². The third-order valence-electron chi connectivity index (χ3n) is 2.05. The fourth-order valence-corrected chi connectivity index (χ4v) is 1.38. The smallest absolute Gasteiger partial charge is 0.240 e. The third kappa shape index (κ3) is 1.58. The van der Waals surface area contributed by atoms with Crippen molar-refractivity contribution in [3.05, 3.63) is 0 Å². The Morgan fingerprint density at radius 3 is 3.08 bits per heavy atom. The number of nitrogen functional groups attached to an aromatic ring is 1. The van der Waals surface area contributed by atoms with Gasteiger partial charge >= 0.3 is 0 Å². The van der Waals surface area contributed by atoms with Gasteiger partial charge in [-0.05, 0) is 10.4 Å². The molecular weight excluding hydrogens is 172 g/mol. The summed E-state index contributed by atoms with van der Waals surface area (Å²) in [6.45, 7) is 1.27. The Kier molecular flexibility index (Phi) is 1.84. The molecule has 1 fully saturated rings. The maximum Gasteiger partial charge on any atom is 0.240 e. The first-order valence-electron chi connectivity index (χ1n) is 4.04. The largest absolute Gasteiger partial charge is 0.367 e. The lowest BCUT2D eigenvalue weighted by atomic mass is 10.1. The average Bonchev–Trinajstić information content (AvgIpc) is 2.64. The molecule has 1 aliphatic rings. The van der Waals surface area contributed by atoms with Gasteiger partial charge in [0.15, 0.2) is 0 Å². The first-order valence-corrected chi connectivity index (χ1v) is 4.04. The van der Waals surface area contributed by atoms with Crippen molar-refractivity contribution in [1.29, 1.82) is 0 Å². The summed E-state index contributed by atoms with van der Waals surface area (Å²) in [6.07, 6.45) is 0.527. The molecule has 0 bridgehead atoms. The summed E-state index contributed by atoms with van der Waals surface area (Å²) in [6, 6.07) is 0. The second kappa shape index (κ2) is 3.00. The highest BCUT2D eigenvalue weighted by molar-refractivity contribution is 5.78. The lowest BCUT2D eigenvalue weighted by Crippen LogP contribution is -2.17. The number of carbonyl (C=O) groups is 1. The number of hydrogen-bond acceptors (Lipinski definition) is 5. The van der Waals surface area contributed by atoms with Gasteiger partial charge in [-0.1, -0.05) is 5.10 Å². The Balaban J connectivity index is 1.99. The van der Waals surface area contributed by atoms with Crippen molar-refractivity contribution in [2.45, 2.75) is 13.0 Å². The van der Waals surface area contributed by atoms with Crippen LogP contribution in [-0.2, 0) is 11.3 Å². The summed E-state index contributed by atoms with van der Waals surface area (Å²) in [5.41, 5.74) is 5.47. The Labute approximate surface area is 74.3 Å². The predicted octanol–water partition coefficient (Wildman–Crippen LogP) is -1.61. The molecule has 1 saturated heterocycles. The van der Waals surface area contributed by atoms with Crippen molar-refractivity contribution in [3.63, 3.8) is 0 Å². The zero-order valence-corrected chi connectivity index (χ0v) is 6.97. The van der Waals surface area contributed by atoms with Crippen LogP contribution in [0.25, 0.3) is 0 Å². The fraction of sp³-hybridized carbons (Fsp3) is 0.667. The number of hydrogen-bond donors (Lipinski definition) is 2. The molecule has 1 atom stereocenters. The topological polar surface area (TPSA) is 98.7 Å². The van der Waals surface area contributed by atoms with Crippen LogP contribution in [0.4, 0.5) is 5.95 Å². The summed E-state index contributed by atoms with van der Waals surface area (Å²) < 4.78 is 1.50. The van der Waals surface area contributed by atoms with Crippen LogP contribution in [0.15, 0.2) is 0 Å². The maximum absolute atomic E-state index is 10.9. The number of amides is 1. The Morgan fingerprint density at radius 2 is 2.54 bits per heavy atom. The van der Waals surface area contributed by atoms with Crippen molar-refractivity contribution < 1.29 is 4.79 Å². The molecule has 0 saturated carbocycles. The van der Waals surface area contributed by atoms with Crippen LogP contribution < -0.4 is 11.1 Å². The lowest BCUT2D eigenvalue weighted by Gasteiger charge is -2.05. The van der Waals surface area contributed by atoms with Crippen molar-refractivity contribution in [3.8, 4) is 0 Å². The van der Waals surface area contributed by atoms with Crippen LogP contribution in [0.3, 0.4) is 0 Å². The van der Waals surface area contributed by atoms with Gasteiger partial charge in [0.25, 0.3) is 0 Å². The van der Waals surface area contributed by atoms with Gasteiger partial charge in [-0.25, -0.2) is 4.68 Å². The lowest BCUT2D eigenvalue weighted by molar-refractivity contribution is -0.119. The van der Waals surface area contributed by atoms with Crippen molar-refractivity contribution in [2.75, 3.05) is 12.3 Å². The van der Waals surface area contributed by atoms with Gasteiger partial charge in [-0.2, -0.15) is 0 Å². The van der Waals surface area contributed by atoms with E-state index in [0.29, 0.717) is 25.5 Å². The highest BCUT2D eigenvalue weighted by atomic mass is 16.1. The number of carbonyl (C=O) groups excluding carboxylic acids is 1. The zero-order valence-electron chi connectivity index (χ0n) is 6.97. The van der Waals surface area contributed by atoms with Crippen LogP contribution in [0, 0.1) is 5.92 Å². The van der Waals surface area contributed by atoms with Gasteiger partial charge in [0.2, 0.25) is 11.9 Å². The first-order chi connectivity index (χ1) is 6.25. The number of aromatic nitrogens is 4. The Bertz CT molecular complexity index is 321. The number of nitrogens with two attached hydrogens (primary N) is 1. The second-order valence-electron chi connectivity index (χ2n) is 3.09. The molecule has 0 spiro atoms. The van der Waals surface area contributed by atoms with E-state index in [4.69, 9.17) is 5.73 Å². The molecule has 1 unspecified atom stereocenters. The molecule has 1 amide bonds. The summed E-state index contributed by atoms with van der Waals surface area (Å²) >= 11 is 0. The van der Waals surface area contributed by atoms with Gasteiger partial charge in [0.05, 0.1) is 6.54 Å². The molecule has 0 radical (unpaired) electrons. The minimum absolute atomic E-state index is 0.0802. The summed E-state index contributed by atoms with van der Waals surface area (Å²) in [5, 5.41) is 13.4. The molecular formula is C6H10N6O. The molecule has 1 aromatic heterocycles. The molecule has 3 N–H and O–H groups in total. The van der Waals surface area contributed by atoms with E-state index in [1.165, 1.54) is 4.68 Å². The van der Waals surface area contributed by atoms with Crippen LogP contribution in [0.5, 0.6) is 0 Å². The third-order valence-corrected chi connectivity index (χ3v) is 2.05. The summed E-state index contributed by atoms with van der Waals surface area (Å²) in [4.78, 5) is 10.9. The van der Waals surface area contributed by atoms with Crippen LogP contribution in [0.2, 0.25) is 0 Å². The molecule has 0 aromatic carbocycles. The summed E-state index contributed by atoms with van der Waals surface area (Å²) in [5.74, 6) is 0.620. The van der Waals surface area contributed by atoms with Crippen LogP contribution in [0.1, 0.15) is 6.42 Å². The van der Waals surface area contributed by atoms with Gasteiger partial charge in [0, 0.05) is 18.9 Å². The molecule has 13 heavy (non-hydrogen) atoms. The molecule has 7 heteroatoms. The van der Waals surface area contributed by atoms with Crippen molar-refractivity contribution in [1.82, 2.24) is 25.5 Å². The van der Waals surface area contributed by atoms with Gasteiger partial charge in [-0.15, -0.1) is 0 Å². The van der Waals surface area contributed by atoms with E-state index >= 15 is 0 Å². The van der Waals surface area contributed by atoms with E-state index in [-0.39, 0.29) is 11.8 Å². The predicted molar refractivity (Wildman–Crippen MR) is 43.3 cm³/mol. The van der Waals surface area contributed by atoms with Crippen LogP contribution >= 0.6 is 0 Å². The van der Waals surface area contributed by atoms with Gasteiger partial charge in [0.1, 0.15) is 0 Å². The Hall–Kier alpha value is -1.66. The zero-order chi connectivity index (χ0) is 9.26. The highest BCUT2D eigenvalue weighted by Gasteiger charge is 2.22. The van der Waals surface area contributed by atoms with Gasteiger partial charge < -0.3 is 11.1 Å². The first kappa shape index (κ1) is 7.96. The quantitative estimate of drug-likeness (QED) is 0.573. The molecule has 2 rings (SSSR count). The second-order valence-corrected chi connectivity index (χ2v) is 3.09. The number of rotatable bonds is 2. The fourth-order valence-electron chi connectivity index (χ4n) is 1.38. The van der Waals surface area contributed by atoms with Crippen LogP contribution in [-0.4, -0.2) is 32.7 Å². The molecule has 70 valence electrons. The molecule has 1 aliphatic heterocycles. The monoisotopic (exact) mass is 182 g/mol. The maximum atomic E-state index is 10.9. The normalized spacial score (nSPS) is 21.8. The van der Waals surface area contributed by atoms with E-state index < -0.39 is 0 Å². The molecule has 7 nitrogen and oxygen atoms in total. The standard InChI is InChI=1S/C6H10N6O/c7-6-9-10-11-12(6)3-4-1-5(13)8-2-4/h4H,1-3H2,(H,8,13)(H2,7,9,11). The van der Waals surface area contributed by atoms with E-state index in [0.717, 1.165) is 0 Å². The summed E-state index contributed by atoms with van der Waals surface area (Å²) in [7, 11) is 0. The molecule has 2 heterocycles. The molecule has 1 aromatic rings. The number of anilines is 1. The van der Waals surface area contributed by atoms with Crippen molar-refractivity contribution >= 4 is 11.9 Å². The van der Waals surface area contributed by atoms with E-state index in [1.54, 1.807) is 0 Å². The molecule has 0 aliphatic carbocycles. The minimum Gasteiger partial charge on any atom is -0.367 e. The Morgan fingerprint density at radius 1 is 1.69 bits per heavy atom. The average molecular weight is 182 g/mol. The van der Waals surface area contributed by atoms with Crippen molar-refractivity contribution in [2.24, 2.45) is 5.92 Å². The van der Waals surface area contributed by atoms with E-state index in [2.05, 4.69) is 20.8 Å². The minimum atomic E-state index is 0.0802. The van der Waals surface area contributed by atoms with E-state index in [1.807, 2.05) is 0 Å². The number of nitrogens with zero attached hydrogens (tertiary/aromatic N) is 4.